The second kappa shape index (κ2) is 5.82. The lowest BCUT2D eigenvalue weighted by atomic mass is 10.1. The molecule has 4 heteroatoms. The molecule has 0 fully saturated rings. The summed E-state index contributed by atoms with van der Waals surface area (Å²) in [7, 11) is 0. The Hall–Kier alpha value is -2.23. The van der Waals surface area contributed by atoms with Crippen LogP contribution in [0.5, 0.6) is 0 Å². The van der Waals surface area contributed by atoms with Crippen LogP contribution in [0.3, 0.4) is 0 Å². The van der Waals surface area contributed by atoms with Crippen LogP contribution in [-0.4, -0.2) is 21.9 Å². The maximum atomic E-state index is 12.7. The molecule has 104 valence electrons. The summed E-state index contributed by atoms with van der Waals surface area (Å²) in [6.07, 6.45) is 3.15. The first kappa shape index (κ1) is 14.2. The van der Waals surface area contributed by atoms with Gasteiger partial charge in [-0.15, -0.1) is 0 Å². The molecule has 1 aromatic heterocycles. The lowest BCUT2D eigenvalue weighted by Gasteiger charge is -2.28. The summed E-state index contributed by atoms with van der Waals surface area (Å²) in [4.78, 5) is 22.8. The van der Waals surface area contributed by atoms with Crippen LogP contribution >= 0.6 is 0 Å². The van der Waals surface area contributed by atoms with Gasteiger partial charge in [0.25, 0.3) is 5.91 Å². The summed E-state index contributed by atoms with van der Waals surface area (Å²) in [6.45, 7) is 7.83. The molecule has 0 N–H and O–H groups in total. The van der Waals surface area contributed by atoms with E-state index in [1.165, 1.54) is 6.20 Å². The topological polar surface area (TPSA) is 46.1 Å². The molecule has 2 aromatic rings. The molecule has 0 aliphatic heterocycles. The van der Waals surface area contributed by atoms with Gasteiger partial charge in [0.1, 0.15) is 5.69 Å². The fourth-order valence-corrected chi connectivity index (χ4v) is 2.08. The summed E-state index contributed by atoms with van der Waals surface area (Å²) in [5, 5.41) is 0. The minimum atomic E-state index is -0.123. The molecule has 1 amide bonds. The number of amides is 1. The van der Waals surface area contributed by atoms with Gasteiger partial charge in [0.2, 0.25) is 0 Å². The summed E-state index contributed by atoms with van der Waals surface area (Å²) < 4.78 is 0. The van der Waals surface area contributed by atoms with Crippen LogP contribution in [0.4, 0.5) is 5.69 Å². The number of nitrogens with zero attached hydrogens (tertiary/aromatic N) is 3. The SMILES string of the molecule is Cc1cnc(C(=O)N(c2ccccc2C)C(C)C)cn1. The number of carbonyl (C=O) groups is 1. The quantitative estimate of drug-likeness (QED) is 0.860. The van der Waals surface area contributed by atoms with Crippen molar-refractivity contribution in [2.45, 2.75) is 33.7 Å². The van der Waals surface area contributed by atoms with Crippen molar-refractivity contribution in [1.29, 1.82) is 0 Å². The second-order valence-corrected chi connectivity index (χ2v) is 5.10. The molecular formula is C16H19N3O. The first-order valence-electron chi connectivity index (χ1n) is 6.68. The van der Waals surface area contributed by atoms with E-state index in [1.54, 1.807) is 11.1 Å². The molecule has 2 rings (SSSR count). The number of anilines is 1. The summed E-state index contributed by atoms with van der Waals surface area (Å²) in [5.74, 6) is -0.123. The van der Waals surface area contributed by atoms with Crippen LogP contribution in [0.1, 0.15) is 35.6 Å². The van der Waals surface area contributed by atoms with E-state index in [9.17, 15) is 4.79 Å². The van der Waals surface area contributed by atoms with Crippen LogP contribution in [0, 0.1) is 13.8 Å². The Kier molecular flexibility index (Phi) is 4.13. The summed E-state index contributed by atoms with van der Waals surface area (Å²) in [6, 6.07) is 7.90. The van der Waals surface area contributed by atoms with Crippen LogP contribution in [0.25, 0.3) is 0 Å². The minimum Gasteiger partial charge on any atom is -0.304 e. The monoisotopic (exact) mass is 269 g/mol. The standard InChI is InChI=1S/C16H19N3O/c1-11(2)19(15-8-6-5-7-12(15)3)16(20)14-10-17-13(4)9-18-14/h5-11H,1-4H3. The van der Waals surface area contributed by atoms with Crippen LogP contribution in [-0.2, 0) is 0 Å². The number of benzene rings is 1. The van der Waals surface area contributed by atoms with Gasteiger partial charge in [0, 0.05) is 17.9 Å². The molecule has 0 saturated heterocycles. The molecule has 0 spiro atoms. The van der Waals surface area contributed by atoms with Crippen LogP contribution in [0.15, 0.2) is 36.7 Å². The number of hydrogen-bond donors (Lipinski definition) is 0. The van der Waals surface area contributed by atoms with E-state index in [1.807, 2.05) is 52.0 Å². The van der Waals surface area contributed by atoms with Crippen molar-refractivity contribution < 1.29 is 4.79 Å². The van der Waals surface area contributed by atoms with Gasteiger partial charge in [-0.05, 0) is 39.3 Å². The van der Waals surface area contributed by atoms with Gasteiger partial charge in [0.05, 0.1) is 11.9 Å². The van der Waals surface area contributed by atoms with E-state index in [-0.39, 0.29) is 11.9 Å². The van der Waals surface area contributed by atoms with E-state index in [0.29, 0.717) is 5.69 Å². The van der Waals surface area contributed by atoms with E-state index in [2.05, 4.69) is 9.97 Å². The highest BCUT2D eigenvalue weighted by molar-refractivity contribution is 6.05. The number of rotatable bonds is 3. The molecule has 4 nitrogen and oxygen atoms in total. The van der Waals surface area contributed by atoms with Gasteiger partial charge in [0.15, 0.2) is 0 Å². The third-order valence-corrected chi connectivity index (χ3v) is 3.11. The molecule has 0 atom stereocenters. The normalized spacial score (nSPS) is 10.7. The zero-order chi connectivity index (χ0) is 14.7. The van der Waals surface area contributed by atoms with Crippen molar-refractivity contribution in [2.75, 3.05) is 4.90 Å². The fourth-order valence-electron chi connectivity index (χ4n) is 2.08. The Morgan fingerprint density at radius 2 is 1.80 bits per heavy atom. The summed E-state index contributed by atoms with van der Waals surface area (Å²) in [5.41, 5.74) is 3.14. The van der Waals surface area contributed by atoms with Crippen molar-refractivity contribution in [1.82, 2.24) is 9.97 Å². The number of carbonyl (C=O) groups excluding carboxylic acids is 1. The highest BCUT2D eigenvalue weighted by atomic mass is 16.2. The van der Waals surface area contributed by atoms with Crippen LogP contribution in [0.2, 0.25) is 0 Å². The van der Waals surface area contributed by atoms with Gasteiger partial charge in [-0.3, -0.25) is 9.78 Å². The molecule has 0 aliphatic rings. The Bertz CT molecular complexity index is 605. The zero-order valence-electron chi connectivity index (χ0n) is 12.3. The van der Waals surface area contributed by atoms with Crippen molar-refractivity contribution in [3.63, 3.8) is 0 Å². The van der Waals surface area contributed by atoms with E-state index in [4.69, 9.17) is 0 Å². The van der Waals surface area contributed by atoms with Crippen molar-refractivity contribution in [2.24, 2.45) is 0 Å². The molecule has 0 bridgehead atoms. The van der Waals surface area contributed by atoms with E-state index < -0.39 is 0 Å². The lowest BCUT2D eigenvalue weighted by molar-refractivity contribution is 0.0975. The van der Waals surface area contributed by atoms with Crippen molar-refractivity contribution in [3.8, 4) is 0 Å². The lowest BCUT2D eigenvalue weighted by Crippen LogP contribution is -2.38. The highest BCUT2D eigenvalue weighted by Crippen LogP contribution is 2.23. The molecule has 0 radical (unpaired) electrons. The molecule has 1 heterocycles. The average molecular weight is 269 g/mol. The van der Waals surface area contributed by atoms with Gasteiger partial charge in [-0.1, -0.05) is 18.2 Å². The number of hydrogen-bond acceptors (Lipinski definition) is 3. The number of para-hydroxylation sites is 1. The van der Waals surface area contributed by atoms with Crippen molar-refractivity contribution in [3.05, 3.63) is 53.6 Å². The van der Waals surface area contributed by atoms with E-state index in [0.717, 1.165) is 16.9 Å². The second-order valence-electron chi connectivity index (χ2n) is 5.10. The van der Waals surface area contributed by atoms with Gasteiger partial charge >= 0.3 is 0 Å². The highest BCUT2D eigenvalue weighted by Gasteiger charge is 2.23. The maximum Gasteiger partial charge on any atom is 0.278 e. The third kappa shape index (κ3) is 2.85. The fraction of sp³-hybridized carbons (Fsp3) is 0.312. The van der Waals surface area contributed by atoms with Crippen molar-refractivity contribution >= 4 is 11.6 Å². The minimum absolute atomic E-state index is 0.0479. The molecule has 1 aromatic carbocycles. The first-order valence-corrected chi connectivity index (χ1v) is 6.68. The molecule has 0 saturated carbocycles. The largest absolute Gasteiger partial charge is 0.304 e. The Morgan fingerprint density at radius 3 is 2.35 bits per heavy atom. The van der Waals surface area contributed by atoms with Crippen LogP contribution < -0.4 is 4.90 Å². The Labute approximate surface area is 119 Å². The zero-order valence-corrected chi connectivity index (χ0v) is 12.3. The van der Waals surface area contributed by atoms with Gasteiger partial charge < -0.3 is 4.90 Å². The first-order chi connectivity index (χ1) is 9.50. The van der Waals surface area contributed by atoms with Gasteiger partial charge in [-0.2, -0.15) is 0 Å². The molecule has 0 aliphatic carbocycles. The predicted octanol–water partition coefficient (Wildman–Crippen LogP) is 3.15. The third-order valence-electron chi connectivity index (χ3n) is 3.11. The Morgan fingerprint density at radius 1 is 1.10 bits per heavy atom. The molecular weight excluding hydrogens is 250 g/mol. The number of aromatic nitrogens is 2. The number of aryl methyl sites for hydroxylation is 2. The summed E-state index contributed by atoms with van der Waals surface area (Å²) >= 11 is 0. The van der Waals surface area contributed by atoms with Gasteiger partial charge in [-0.25, -0.2) is 4.98 Å². The average Bonchev–Trinajstić information content (AvgIpc) is 2.41. The van der Waals surface area contributed by atoms with E-state index >= 15 is 0 Å². The maximum absolute atomic E-state index is 12.7. The molecule has 0 unspecified atom stereocenters. The Balaban J connectivity index is 2.41. The molecule has 20 heavy (non-hydrogen) atoms. The predicted molar refractivity (Wildman–Crippen MR) is 79.9 cm³/mol. The smallest absolute Gasteiger partial charge is 0.278 e.